The standard InChI is InChI=1S/C18H18N2O3S2/c1-3-11-20(14-7-5-4-6-8-14)25(22,23)15-9-10-16-17(12-15)24-13(2)18(21)19-16/h3-10,12-13H,1,11H2,2H3,(H,19,21). The van der Waals surface area contributed by atoms with Crippen molar-refractivity contribution in [3.63, 3.8) is 0 Å². The third-order valence-electron chi connectivity index (χ3n) is 3.81. The van der Waals surface area contributed by atoms with Crippen LogP contribution in [0.1, 0.15) is 6.92 Å². The summed E-state index contributed by atoms with van der Waals surface area (Å²) in [5.41, 5.74) is 1.22. The van der Waals surface area contributed by atoms with E-state index in [1.54, 1.807) is 49.4 Å². The van der Waals surface area contributed by atoms with E-state index in [2.05, 4.69) is 11.9 Å². The number of thioether (sulfide) groups is 1. The van der Waals surface area contributed by atoms with Crippen LogP contribution in [0, 0.1) is 0 Å². The Hall–Kier alpha value is -2.25. The first-order chi connectivity index (χ1) is 11.9. The number of hydrogen-bond acceptors (Lipinski definition) is 4. The monoisotopic (exact) mass is 374 g/mol. The predicted octanol–water partition coefficient (Wildman–Crippen LogP) is 3.50. The molecular formula is C18H18N2O3S2. The van der Waals surface area contributed by atoms with Gasteiger partial charge in [-0.2, -0.15) is 0 Å². The maximum Gasteiger partial charge on any atom is 0.264 e. The van der Waals surface area contributed by atoms with Crippen molar-refractivity contribution in [2.75, 3.05) is 16.2 Å². The zero-order chi connectivity index (χ0) is 18.0. The van der Waals surface area contributed by atoms with Crippen LogP contribution in [0.4, 0.5) is 11.4 Å². The fourth-order valence-corrected chi connectivity index (χ4v) is 5.05. The normalized spacial score (nSPS) is 16.7. The minimum atomic E-state index is -3.74. The Morgan fingerprint density at radius 2 is 1.96 bits per heavy atom. The Morgan fingerprint density at radius 3 is 2.64 bits per heavy atom. The molecule has 0 radical (unpaired) electrons. The van der Waals surface area contributed by atoms with Gasteiger partial charge in [0.2, 0.25) is 5.91 Å². The molecule has 1 unspecified atom stereocenters. The molecule has 0 saturated heterocycles. The van der Waals surface area contributed by atoms with Gasteiger partial charge in [-0.15, -0.1) is 18.3 Å². The van der Waals surface area contributed by atoms with Crippen molar-refractivity contribution in [3.8, 4) is 0 Å². The first kappa shape index (κ1) is 17.6. The fourth-order valence-electron chi connectivity index (χ4n) is 2.52. The molecule has 0 aromatic heterocycles. The number of nitrogens with zero attached hydrogens (tertiary/aromatic N) is 1. The molecule has 25 heavy (non-hydrogen) atoms. The van der Waals surface area contributed by atoms with Crippen LogP contribution in [-0.2, 0) is 14.8 Å². The Kier molecular flexibility index (Phi) is 4.87. The van der Waals surface area contributed by atoms with E-state index in [-0.39, 0.29) is 22.6 Å². The van der Waals surface area contributed by atoms with E-state index in [0.29, 0.717) is 11.4 Å². The largest absolute Gasteiger partial charge is 0.324 e. The van der Waals surface area contributed by atoms with Crippen LogP contribution in [0.15, 0.2) is 71.0 Å². The number of hydrogen-bond donors (Lipinski definition) is 1. The average molecular weight is 374 g/mol. The summed E-state index contributed by atoms with van der Waals surface area (Å²) in [6.07, 6.45) is 1.56. The molecule has 0 aliphatic carbocycles. The number of amides is 1. The number of benzene rings is 2. The highest BCUT2D eigenvalue weighted by atomic mass is 32.2. The number of sulfonamides is 1. The summed E-state index contributed by atoms with van der Waals surface area (Å²) < 4.78 is 27.6. The van der Waals surface area contributed by atoms with E-state index in [4.69, 9.17) is 0 Å². The summed E-state index contributed by atoms with van der Waals surface area (Å²) in [6.45, 7) is 5.62. The van der Waals surface area contributed by atoms with E-state index in [0.717, 1.165) is 4.90 Å². The first-order valence-electron chi connectivity index (χ1n) is 7.74. The number of carbonyl (C=O) groups is 1. The number of rotatable bonds is 5. The lowest BCUT2D eigenvalue weighted by Crippen LogP contribution is -2.31. The van der Waals surface area contributed by atoms with Crippen LogP contribution in [-0.4, -0.2) is 26.1 Å². The highest BCUT2D eigenvalue weighted by molar-refractivity contribution is 8.01. The average Bonchev–Trinajstić information content (AvgIpc) is 2.61. The zero-order valence-electron chi connectivity index (χ0n) is 13.7. The third-order valence-corrected chi connectivity index (χ3v) is 6.76. The van der Waals surface area contributed by atoms with Crippen molar-refractivity contribution >= 4 is 39.1 Å². The minimum Gasteiger partial charge on any atom is -0.324 e. The van der Waals surface area contributed by atoms with Crippen LogP contribution in [0.3, 0.4) is 0 Å². The summed E-state index contributed by atoms with van der Waals surface area (Å²) in [7, 11) is -3.74. The van der Waals surface area contributed by atoms with Gasteiger partial charge in [0, 0.05) is 4.90 Å². The molecule has 0 fully saturated rings. The van der Waals surface area contributed by atoms with Crippen molar-refractivity contribution in [2.45, 2.75) is 22.0 Å². The van der Waals surface area contributed by atoms with E-state index in [1.165, 1.54) is 22.1 Å². The highest BCUT2D eigenvalue weighted by Crippen LogP contribution is 2.37. The van der Waals surface area contributed by atoms with Crippen LogP contribution < -0.4 is 9.62 Å². The number of para-hydroxylation sites is 1. The fraction of sp³-hybridized carbons (Fsp3) is 0.167. The van der Waals surface area contributed by atoms with Crippen LogP contribution in [0.5, 0.6) is 0 Å². The lowest BCUT2D eigenvalue weighted by molar-refractivity contribution is -0.115. The molecule has 1 N–H and O–H groups in total. The van der Waals surface area contributed by atoms with Gasteiger partial charge < -0.3 is 5.32 Å². The number of anilines is 2. The quantitative estimate of drug-likeness (QED) is 0.814. The molecule has 1 aliphatic heterocycles. The Morgan fingerprint density at radius 1 is 1.24 bits per heavy atom. The Balaban J connectivity index is 2.03. The maximum atomic E-state index is 13.1. The third kappa shape index (κ3) is 3.43. The van der Waals surface area contributed by atoms with Crippen LogP contribution >= 0.6 is 11.8 Å². The second-order valence-corrected chi connectivity index (χ2v) is 8.81. The molecule has 2 aromatic carbocycles. The summed E-state index contributed by atoms with van der Waals surface area (Å²) in [5.74, 6) is -0.0781. The van der Waals surface area contributed by atoms with E-state index >= 15 is 0 Å². The van der Waals surface area contributed by atoms with Crippen molar-refractivity contribution in [3.05, 3.63) is 61.2 Å². The SMILES string of the molecule is C=CCN(c1ccccc1)S(=O)(=O)c1ccc2c(c1)SC(C)C(=O)N2. The second kappa shape index (κ2) is 6.93. The molecule has 7 heteroatoms. The van der Waals surface area contributed by atoms with Crippen LogP contribution in [0.2, 0.25) is 0 Å². The molecule has 1 aliphatic rings. The summed E-state index contributed by atoms with van der Waals surface area (Å²) >= 11 is 1.36. The molecule has 0 saturated carbocycles. The molecule has 1 atom stereocenters. The van der Waals surface area contributed by atoms with Gasteiger partial charge in [-0.05, 0) is 37.3 Å². The van der Waals surface area contributed by atoms with Crippen molar-refractivity contribution in [2.24, 2.45) is 0 Å². The van der Waals surface area contributed by atoms with Gasteiger partial charge in [0.1, 0.15) is 0 Å². The molecule has 2 aromatic rings. The van der Waals surface area contributed by atoms with Gasteiger partial charge in [0.15, 0.2) is 0 Å². The number of nitrogens with one attached hydrogen (secondary N) is 1. The van der Waals surface area contributed by atoms with Gasteiger partial charge in [0.05, 0.1) is 28.1 Å². The topological polar surface area (TPSA) is 66.5 Å². The number of carbonyl (C=O) groups excluding carboxylic acids is 1. The summed E-state index contributed by atoms with van der Waals surface area (Å²) in [4.78, 5) is 12.7. The smallest absolute Gasteiger partial charge is 0.264 e. The highest BCUT2D eigenvalue weighted by Gasteiger charge is 2.28. The zero-order valence-corrected chi connectivity index (χ0v) is 15.3. The minimum absolute atomic E-state index is 0.0781. The second-order valence-electron chi connectivity index (χ2n) is 5.57. The van der Waals surface area contributed by atoms with Gasteiger partial charge >= 0.3 is 0 Å². The van der Waals surface area contributed by atoms with Crippen LogP contribution in [0.25, 0.3) is 0 Å². The molecule has 130 valence electrons. The van der Waals surface area contributed by atoms with Gasteiger partial charge in [-0.3, -0.25) is 9.10 Å². The van der Waals surface area contributed by atoms with Crippen molar-refractivity contribution in [1.29, 1.82) is 0 Å². The van der Waals surface area contributed by atoms with Gasteiger partial charge in [-0.1, -0.05) is 24.3 Å². The predicted molar refractivity (Wildman–Crippen MR) is 102 cm³/mol. The van der Waals surface area contributed by atoms with E-state index < -0.39 is 10.0 Å². The molecule has 1 amide bonds. The van der Waals surface area contributed by atoms with Crippen molar-refractivity contribution in [1.82, 2.24) is 0 Å². The van der Waals surface area contributed by atoms with E-state index in [9.17, 15) is 13.2 Å². The molecular weight excluding hydrogens is 356 g/mol. The van der Waals surface area contributed by atoms with Crippen molar-refractivity contribution < 1.29 is 13.2 Å². The molecule has 5 nitrogen and oxygen atoms in total. The lowest BCUT2D eigenvalue weighted by Gasteiger charge is -2.25. The molecule has 0 bridgehead atoms. The lowest BCUT2D eigenvalue weighted by atomic mass is 10.3. The summed E-state index contributed by atoms with van der Waals surface area (Å²) in [6, 6.07) is 13.7. The molecule has 1 heterocycles. The Labute approximate surface area is 151 Å². The molecule has 3 rings (SSSR count). The van der Waals surface area contributed by atoms with E-state index in [1.807, 2.05) is 6.07 Å². The molecule has 0 spiro atoms. The Bertz CT molecular complexity index is 911. The maximum absolute atomic E-state index is 13.1. The summed E-state index contributed by atoms with van der Waals surface area (Å²) in [5, 5.41) is 2.53. The number of fused-ring (bicyclic) bond motifs is 1. The van der Waals surface area contributed by atoms with Gasteiger partial charge in [-0.25, -0.2) is 8.42 Å². The first-order valence-corrected chi connectivity index (χ1v) is 10.1. The van der Waals surface area contributed by atoms with Gasteiger partial charge in [0.25, 0.3) is 10.0 Å².